The van der Waals surface area contributed by atoms with Crippen LogP contribution in [0.25, 0.3) is 0 Å². The van der Waals surface area contributed by atoms with Gasteiger partial charge in [0.2, 0.25) is 0 Å². The summed E-state index contributed by atoms with van der Waals surface area (Å²) in [5.41, 5.74) is 5.05. The van der Waals surface area contributed by atoms with Crippen LogP contribution in [0.3, 0.4) is 0 Å². The number of carbonyl (C=O) groups excluding carboxylic acids is 1. The van der Waals surface area contributed by atoms with Crippen LogP contribution in [0.4, 0.5) is 4.79 Å². The van der Waals surface area contributed by atoms with Gasteiger partial charge in [0.25, 0.3) is 0 Å². The molecular formula is C15H25NO7. The molecule has 4 N–H and O–H groups in total. The van der Waals surface area contributed by atoms with Crippen molar-refractivity contribution in [1.29, 1.82) is 0 Å². The highest BCUT2D eigenvalue weighted by Gasteiger charge is 2.49. The monoisotopic (exact) mass is 331 g/mol. The molecule has 132 valence electrons. The molecule has 2 unspecified atom stereocenters. The topological polar surface area (TPSA) is 120 Å². The van der Waals surface area contributed by atoms with Crippen LogP contribution in [0.15, 0.2) is 0 Å². The number of hydrogen-bond acceptors (Lipinski definition) is 7. The summed E-state index contributed by atoms with van der Waals surface area (Å²) in [6.45, 7) is 1.35. The molecule has 0 aromatic rings. The standard InChI is InChI=1S/C15H25NO7/c16-15(19)23-13-11(17)10-7-9-2-1-8(9)3-4-20-5-6-21-14(22-10)12(13)18/h8-14,17-18H,1-7H2,(H2,16,19)/t8?,9?,10-,11-,12+,13+,14+/m1/s1. The Kier molecular flexibility index (Phi) is 5.38. The summed E-state index contributed by atoms with van der Waals surface area (Å²) in [6.07, 6.45) is -2.30. The fourth-order valence-electron chi connectivity index (χ4n) is 3.69. The van der Waals surface area contributed by atoms with Gasteiger partial charge in [-0.1, -0.05) is 0 Å². The van der Waals surface area contributed by atoms with Gasteiger partial charge in [0, 0.05) is 6.61 Å². The van der Waals surface area contributed by atoms with Crippen molar-refractivity contribution in [2.24, 2.45) is 17.6 Å². The third-order valence-electron chi connectivity index (χ3n) is 5.15. The Hall–Kier alpha value is -0.930. The summed E-state index contributed by atoms with van der Waals surface area (Å²) in [5.74, 6) is 0.995. The molecule has 1 amide bonds. The minimum Gasteiger partial charge on any atom is -0.441 e. The van der Waals surface area contributed by atoms with Crippen molar-refractivity contribution in [2.75, 3.05) is 19.8 Å². The molecule has 23 heavy (non-hydrogen) atoms. The van der Waals surface area contributed by atoms with E-state index in [0.717, 1.165) is 19.3 Å². The van der Waals surface area contributed by atoms with E-state index in [2.05, 4.69) is 0 Å². The number of ether oxygens (including phenoxy) is 4. The number of aliphatic hydroxyl groups excluding tert-OH is 2. The molecule has 7 atom stereocenters. The lowest BCUT2D eigenvalue weighted by Crippen LogP contribution is -2.60. The van der Waals surface area contributed by atoms with Gasteiger partial charge in [0.05, 0.1) is 19.3 Å². The first-order valence-electron chi connectivity index (χ1n) is 8.23. The molecule has 0 spiro atoms. The second-order valence-electron chi connectivity index (χ2n) is 6.53. The van der Waals surface area contributed by atoms with E-state index in [1.54, 1.807) is 0 Å². The molecule has 2 saturated heterocycles. The zero-order valence-corrected chi connectivity index (χ0v) is 13.0. The van der Waals surface area contributed by atoms with Crippen LogP contribution in [0.2, 0.25) is 0 Å². The first kappa shape index (κ1) is 16.9. The van der Waals surface area contributed by atoms with Crippen LogP contribution >= 0.6 is 0 Å². The maximum atomic E-state index is 11.1. The highest BCUT2D eigenvalue weighted by atomic mass is 16.7. The Labute approximate surface area is 134 Å². The number of primary amides is 1. The Morgan fingerprint density at radius 2 is 1.83 bits per heavy atom. The van der Waals surface area contributed by atoms with Crippen LogP contribution in [0, 0.1) is 11.8 Å². The minimum absolute atomic E-state index is 0.252. The van der Waals surface area contributed by atoms with Crippen molar-refractivity contribution in [3.05, 3.63) is 0 Å². The smallest absolute Gasteiger partial charge is 0.404 e. The molecule has 0 aromatic carbocycles. The lowest BCUT2D eigenvalue weighted by molar-refractivity contribution is -0.301. The first-order valence-corrected chi connectivity index (χ1v) is 8.23. The van der Waals surface area contributed by atoms with Gasteiger partial charge in [-0.15, -0.1) is 0 Å². The third-order valence-corrected chi connectivity index (χ3v) is 5.15. The SMILES string of the molecule is NC(=O)O[C@@H]1[C@H](O)[C@H]2OCCOCCC3CCC3C[C@@H](O2)[C@H]1O. The number of amides is 1. The molecule has 8 heteroatoms. The molecule has 1 aliphatic carbocycles. The fourth-order valence-corrected chi connectivity index (χ4v) is 3.69. The van der Waals surface area contributed by atoms with E-state index in [1.165, 1.54) is 0 Å². The van der Waals surface area contributed by atoms with Gasteiger partial charge in [-0.25, -0.2) is 4.79 Å². The average molecular weight is 331 g/mol. The zero-order valence-electron chi connectivity index (χ0n) is 13.0. The van der Waals surface area contributed by atoms with Crippen LogP contribution < -0.4 is 5.73 Å². The largest absolute Gasteiger partial charge is 0.441 e. The van der Waals surface area contributed by atoms with Crippen LogP contribution in [-0.2, 0) is 18.9 Å². The minimum atomic E-state index is -1.30. The van der Waals surface area contributed by atoms with E-state index >= 15 is 0 Å². The summed E-state index contributed by atoms with van der Waals surface area (Å²) in [5, 5.41) is 20.7. The Morgan fingerprint density at radius 3 is 2.52 bits per heavy atom. The molecular weight excluding hydrogens is 306 g/mol. The number of nitrogens with two attached hydrogens (primary N) is 1. The van der Waals surface area contributed by atoms with Gasteiger partial charge in [-0.05, 0) is 37.5 Å². The Morgan fingerprint density at radius 1 is 1.04 bits per heavy atom. The molecule has 3 rings (SSSR count). The van der Waals surface area contributed by atoms with Gasteiger partial charge in [-0.2, -0.15) is 0 Å². The molecule has 3 fully saturated rings. The van der Waals surface area contributed by atoms with Crippen molar-refractivity contribution >= 4 is 6.09 Å². The maximum Gasteiger partial charge on any atom is 0.404 e. The maximum absolute atomic E-state index is 11.1. The number of rotatable bonds is 1. The molecule has 0 radical (unpaired) electrons. The Balaban J connectivity index is 1.74. The van der Waals surface area contributed by atoms with Gasteiger partial charge in [0.1, 0.15) is 12.2 Å². The van der Waals surface area contributed by atoms with Crippen molar-refractivity contribution < 1.29 is 34.0 Å². The van der Waals surface area contributed by atoms with Gasteiger partial charge in [0.15, 0.2) is 12.4 Å². The number of fused-ring (bicyclic) bond motifs is 3. The summed E-state index contributed by atoms with van der Waals surface area (Å²) < 4.78 is 21.7. The van der Waals surface area contributed by atoms with Crippen LogP contribution in [-0.4, -0.2) is 66.8 Å². The Bertz CT molecular complexity index is 419. The quantitative estimate of drug-likeness (QED) is 0.606. The van der Waals surface area contributed by atoms with Crippen molar-refractivity contribution in [2.45, 2.75) is 56.4 Å². The lowest BCUT2D eigenvalue weighted by atomic mass is 9.69. The van der Waals surface area contributed by atoms with E-state index in [1.807, 2.05) is 0 Å². The van der Waals surface area contributed by atoms with Gasteiger partial charge >= 0.3 is 6.09 Å². The van der Waals surface area contributed by atoms with E-state index < -0.39 is 36.8 Å². The number of aliphatic hydroxyl groups is 2. The predicted octanol–water partition coefficient (Wildman–Crippen LogP) is -0.250. The second kappa shape index (κ2) is 7.31. The van der Waals surface area contributed by atoms with Crippen LogP contribution in [0.5, 0.6) is 0 Å². The summed E-state index contributed by atoms with van der Waals surface area (Å²) in [6, 6.07) is 0. The van der Waals surface area contributed by atoms with E-state index in [9.17, 15) is 15.0 Å². The summed E-state index contributed by atoms with van der Waals surface area (Å²) >= 11 is 0. The van der Waals surface area contributed by atoms with E-state index in [4.69, 9.17) is 24.7 Å². The lowest BCUT2D eigenvalue weighted by Gasteiger charge is -2.45. The predicted molar refractivity (Wildman–Crippen MR) is 77.4 cm³/mol. The molecule has 3 aliphatic rings. The van der Waals surface area contributed by atoms with Crippen molar-refractivity contribution in [1.82, 2.24) is 0 Å². The number of carbonyl (C=O) groups is 1. The highest BCUT2D eigenvalue weighted by molar-refractivity contribution is 5.65. The molecule has 2 bridgehead atoms. The van der Waals surface area contributed by atoms with Crippen molar-refractivity contribution in [3.63, 3.8) is 0 Å². The molecule has 0 aromatic heterocycles. The molecule has 2 aliphatic heterocycles. The number of hydrogen-bond donors (Lipinski definition) is 3. The third kappa shape index (κ3) is 3.77. The van der Waals surface area contributed by atoms with Gasteiger partial charge in [-0.3, -0.25) is 0 Å². The molecule has 2 heterocycles. The zero-order chi connectivity index (χ0) is 16.4. The van der Waals surface area contributed by atoms with Crippen LogP contribution in [0.1, 0.15) is 25.7 Å². The second-order valence-corrected chi connectivity index (χ2v) is 6.53. The fraction of sp³-hybridized carbons (Fsp3) is 0.933. The highest BCUT2D eigenvalue weighted by Crippen LogP contribution is 2.42. The molecule has 8 nitrogen and oxygen atoms in total. The van der Waals surface area contributed by atoms with E-state index in [0.29, 0.717) is 31.5 Å². The van der Waals surface area contributed by atoms with Gasteiger partial charge < -0.3 is 34.9 Å². The first-order chi connectivity index (χ1) is 11.1. The molecule has 1 saturated carbocycles. The summed E-state index contributed by atoms with van der Waals surface area (Å²) in [4.78, 5) is 11.1. The normalized spacial score (nSPS) is 44.9. The van der Waals surface area contributed by atoms with E-state index in [-0.39, 0.29) is 6.61 Å². The average Bonchev–Trinajstić information content (AvgIpc) is 2.48. The summed E-state index contributed by atoms with van der Waals surface area (Å²) in [7, 11) is 0. The van der Waals surface area contributed by atoms with Crippen molar-refractivity contribution in [3.8, 4) is 0 Å².